The van der Waals surface area contributed by atoms with Crippen molar-refractivity contribution in [1.29, 1.82) is 0 Å². The highest BCUT2D eigenvalue weighted by Crippen LogP contribution is 2.40. The van der Waals surface area contributed by atoms with Crippen LogP contribution in [0.5, 0.6) is 0 Å². The summed E-state index contributed by atoms with van der Waals surface area (Å²) >= 11 is 0. The number of alkyl halides is 3. The Morgan fingerprint density at radius 3 is 2.65 bits per heavy atom. The minimum Gasteiger partial charge on any atom is -0.369 e. The van der Waals surface area contributed by atoms with E-state index in [2.05, 4.69) is 37.3 Å². The van der Waals surface area contributed by atoms with Crippen molar-refractivity contribution in [3.05, 3.63) is 35.3 Å². The molecule has 9 nitrogen and oxygen atoms in total. The smallest absolute Gasteiger partial charge is 0.369 e. The molecule has 0 saturated carbocycles. The summed E-state index contributed by atoms with van der Waals surface area (Å²) in [5.41, 5.74) is 0.419. The van der Waals surface area contributed by atoms with Crippen LogP contribution in [0.1, 0.15) is 42.5 Å². The fourth-order valence-corrected chi connectivity index (χ4v) is 4.25. The Hall–Kier alpha value is -3.57. The number of carbonyl (C=O) groups excluding carboxylic acids is 2. The largest absolute Gasteiger partial charge is 0.417 e. The van der Waals surface area contributed by atoms with Crippen LogP contribution in [-0.2, 0) is 15.8 Å². The van der Waals surface area contributed by atoms with Gasteiger partial charge in [0.25, 0.3) is 5.91 Å². The third-order valence-electron chi connectivity index (χ3n) is 6.14. The number of Topliss-reactive ketones (excluding diaryl/α,β-unsaturated/α-hetero) is 1. The van der Waals surface area contributed by atoms with Gasteiger partial charge in [-0.2, -0.15) is 13.2 Å². The molecule has 0 bridgehead atoms. The second-order valence-electron chi connectivity index (χ2n) is 8.39. The van der Waals surface area contributed by atoms with Crippen LogP contribution in [0.3, 0.4) is 0 Å². The number of carbonyl (C=O) groups is 2. The summed E-state index contributed by atoms with van der Waals surface area (Å²) in [6.45, 7) is 6.70. The molecule has 4 rings (SSSR count). The summed E-state index contributed by atoms with van der Waals surface area (Å²) in [4.78, 5) is 41.4. The molecule has 1 saturated heterocycles. The van der Waals surface area contributed by atoms with Crippen LogP contribution < -0.4 is 10.6 Å². The first-order valence-electron chi connectivity index (χ1n) is 10.9. The molecule has 0 aromatic carbocycles. The molecule has 2 aliphatic rings. The maximum absolute atomic E-state index is 13.2. The van der Waals surface area contributed by atoms with Crippen molar-refractivity contribution in [2.75, 3.05) is 36.8 Å². The van der Waals surface area contributed by atoms with Gasteiger partial charge in [-0.05, 0) is 31.5 Å². The Bertz CT molecular complexity index is 1110. The number of pyridine rings is 1. The molecule has 180 valence electrons. The van der Waals surface area contributed by atoms with Gasteiger partial charge >= 0.3 is 6.18 Å². The first kappa shape index (κ1) is 23.6. The first-order chi connectivity index (χ1) is 16.2. The minimum absolute atomic E-state index is 0.257. The van der Waals surface area contributed by atoms with Crippen LogP contribution in [-0.4, -0.2) is 64.4 Å². The molecule has 2 aromatic rings. The zero-order valence-electron chi connectivity index (χ0n) is 18.5. The number of hydrogen-bond acceptors (Lipinski definition) is 8. The average Bonchev–Trinajstić information content (AvgIpc) is 3.25. The zero-order chi connectivity index (χ0) is 24.5. The van der Waals surface area contributed by atoms with Crippen molar-refractivity contribution in [1.82, 2.24) is 19.9 Å². The quantitative estimate of drug-likeness (QED) is 0.488. The summed E-state index contributed by atoms with van der Waals surface area (Å²) in [6, 6.07) is 1.09. The molecule has 1 unspecified atom stereocenters. The molecule has 1 amide bonds. The number of anilines is 2. The number of aromatic nitrogens is 3. The Morgan fingerprint density at radius 1 is 1.26 bits per heavy atom. The van der Waals surface area contributed by atoms with Gasteiger partial charge in [-0.25, -0.2) is 15.0 Å². The molecular weight excluding hydrogens is 451 g/mol. The molecule has 0 spiro atoms. The van der Waals surface area contributed by atoms with Gasteiger partial charge in [-0.3, -0.25) is 14.6 Å². The molecule has 0 radical (unpaired) electrons. The topological polar surface area (TPSA) is 112 Å². The van der Waals surface area contributed by atoms with Gasteiger partial charge in [0.1, 0.15) is 11.5 Å². The number of piperidine rings is 1. The third kappa shape index (κ3) is 4.85. The molecule has 4 heterocycles. The Balaban J connectivity index is 1.48. The van der Waals surface area contributed by atoms with Gasteiger partial charge in [0, 0.05) is 50.8 Å². The van der Waals surface area contributed by atoms with Gasteiger partial charge in [-0.1, -0.05) is 0 Å². The van der Waals surface area contributed by atoms with Crippen molar-refractivity contribution in [2.24, 2.45) is 10.9 Å². The summed E-state index contributed by atoms with van der Waals surface area (Å²) in [6.07, 6.45) is -0.737. The van der Waals surface area contributed by atoms with Crippen LogP contribution in [0.2, 0.25) is 0 Å². The fourth-order valence-electron chi connectivity index (χ4n) is 4.25. The monoisotopic (exact) mass is 475 g/mol. The van der Waals surface area contributed by atoms with Crippen molar-refractivity contribution in [3.63, 3.8) is 0 Å². The molecule has 12 heteroatoms. The van der Waals surface area contributed by atoms with Gasteiger partial charge in [-0.15, -0.1) is 0 Å². The highest BCUT2D eigenvalue weighted by molar-refractivity contribution is 6.35. The maximum atomic E-state index is 13.2. The summed E-state index contributed by atoms with van der Waals surface area (Å²) in [5.74, 6) is -0.442. The van der Waals surface area contributed by atoms with E-state index in [4.69, 9.17) is 0 Å². The van der Waals surface area contributed by atoms with Crippen LogP contribution in [0, 0.1) is 5.92 Å². The lowest BCUT2D eigenvalue weighted by Crippen LogP contribution is -2.42. The Labute approximate surface area is 193 Å². The van der Waals surface area contributed by atoms with Gasteiger partial charge in [0.05, 0.1) is 17.5 Å². The fraction of sp³-hybridized carbons (Fsp3) is 0.455. The number of rotatable bonds is 6. The molecule has 34 heavy (non-hydrogen) atoms. The number of fused-ring (bicyclic) bond motifs is 1. The van der Waals surface area contributed by atoms with Crippen LogP contribution >= 0.6 is 0 Å². The van der Waals surface area contributed by atoms with Crippen molar-refractivity contribution >= 4 is 35.9 Å². The molecule has 2 aromatic heterocycles. The number of likely N-dealkylation sites (tertiary alicyclic amines) is 1. The van der Waals surface area contributed by atoms with Crippen molar-refractivity contribution < 1.29 is 22.8 Å². The van der Waals surface area contributed by atoms with E-state index in [1.807, 2.05) is 0 Å². The molecule has 2 N–H and O–H groups in total. The Morgan fingerprint density at radius 2 is 2.00 bits per heavy atom. The van der Waals surface area contributed by atoms with E-state index in [0.29, 0.717) is 54.9 Å². The predicted molar refractivity (Wildman–Crippen MR) is 119 cm³/mol. The lowest BCUT2D eigenvalue weighted by Gasteiger charge is -2.31. The van der Waals surface area contributed by atoms with E-state index >= 15 is 0 Å². The minimum atomic E-state index is -4.50. The molecule has 1 fully saturated rings. The molecular formula is C22H24F3N7O2. The predicted octanol–water partition coefficient (Wildman–Crippen LogP) is 3.02. The van der Waals surface area contributed by atoms with E-state index in [9.17, 15) is 22.8 Å². The first-order valence-corrected chi connectivity index (χ1v) is 10.9. The van der Waals surface area contributed by atoms with Gasteiger partial charge < -0.3 is 15.5 Å². The number of nitrogens with zero attached hydrogens (tertiary/aromatic N) is 5. The molecule has 2 aliphatic heterocycles. The van der Waals surface area contributed by atoms with E-state index in [1.54, 1.807) is 4.90 Å². The zero-order valence-corrected chi connectivity index (χ0v) is 18.5. The number of aliphatic imine (C=N–C) groups is 1. The second-order valence-corrected chi connectivity index (χ2v) is 8.39. The number of hydrogen-bond donors (Lipinski definition) is 2. The standard InChI is InChI=1S/C22H24F3N7O2/c1-12(33)20(34)32-5-3-13(4-6-32)8-29-21-30-11-17(26-2)18(31-21)16-10-28-19-15(16)7-14(9-27-19)22(23,24)25/h7,9,11,13,16H,2-6,8,10H2,1H3,(H,27,28)(H,29,30,31). The van der Waals surface area contributed by atoms with Gasteiger partial charge in [0.2, 0.25) is 11.7 Å². The number of amides is 1. The van der Waals surface area contributed by atoms with E-state index in [1.165, 1.54) is 13.1 Å². The lowest BCUT2D eigenvalue weighted by atomic mass is 9.96. The van der Waals surface area contributed by atoms with Crippen LogP contribution in [0.25, 0.3) is 0 Å². The van der Waals surface area contributed by atoms with Gasteiger partial charge in [0.15, 0.2) is 0 Å². The third-order valence-corrected chi connectivity index (χ3v) is 6.14. The molecule has 0 aliphatic carbocycles. The van der Waals surface area contributed by atoms with E-state index < -0.39 is 29.3 Å². The maximum Gasteiger partial charge on any atom is 0.417 e. The summed E-state index contributed by atoms with van der Waals surface area (Å²) in [5, 5.41) is 6.21. The summed E-state index contributed by atoms with van der Waals surface area (Å²) < 4.78 is 39.7. The molecule has 1 atom stereocenters. The van der Waals surface area contributed by atoms with Crippen molar-refractivity contribution in [3.8, 4) is 0 Å². The second kappa shape index (κ2) is 9.35. The summed E-state index contributed by atoms with van der Waals surface area (Å²) in [7, 11) is 0. The SMILES string of the molecule is C=Nc1cnc(NCC2CCN(C(=O)C(C)=O)CC2)nc1C1CNc2ncc(C(F)(F)F)cc21. The van der Waals surface area contributed by atoms with E-state index in [-0.39, 0.29) is 5.92 Å². The van der Waals surface area contributed by atoms with Crippen LogP contribution in [0.4, 0.5) is 30.6 Å². The van der Waals surface area contributed by atoms with Crippen LogP contribution in [0.15, 0.2) is 23.5 Å². The lowest BCUT2D eigenvalue weighted by molar-refractivity contribution is -0.144. The highest BCUT2D eigenvalue weighted by atomic mass is 19.4. The van der Waals surface area contributed by atoms with Crippen molar-refractivity contribution in [2.45, 2.75) is 31.9 Å². The Kier molecular flexibility index (Phi) is 6.49. The van der Waals surface area contributed by atoms with E-state index in [0.717, 1.165) is 25.1 Å². The number of nitrogens with one attached hydrogen (secondary N) is 2. The highest BCUT2D eigenvalue weighted by Gasteiger charge is 2.35. The number of halogens is 3. The normalized spacial score (nSPS) is 18.2. The average molecular weight is 475 g/mol. The number of ketones is 1.